The molecular formula is C11H15Br2NO. The lowest BCUT2D eigenvalue weighted by atomic mass is 10.2. The largest absolute Gasteiger partial charge is 0.489 e. The molecule has 4 heteroatoms. The van der Waals surface area contributed by atoms with Gasteiger partial charge in [-0.2, -0.15) is 0 Å². The van der Waals surface area contributed by atoms with Crippen LogP contribution in [0.2, 0.25) is 0 Å². The first kappa shape index (κ1) is 13.0. The molecule has 0 aromatic heterocycles. The summed E-state index contributed by atoms with van der Waals surface area (Å²) in [5.41, 5.74) is 1.22. The smallest absolute Gasteiger partial charge is 0.148 e. The van der Waals surface area contributed by atoms with E-state index in [1.807, 2.05) is 20.9 Å². The van der Waals surface area contributed by atoms with Crippen molar-refractivity contribution in [1.29, 1.82) is 0 Å². The van der Waals surface area contributed by atoms with E-state index in [0.717, 1.165) is 21.2 Å². The first-order chi connectivity index (χ1) is 7.04. The summed E-state index contributed by atoms with van der Waals surface area (Å²) in [6, 6.07) is 4.14. The highest BCUT2D eigenvalue weighted by atomic mass is 79.9. The van der Waals surface area contributed by atoms with Crippen LogP contribution in [0.1, 0.15) is 19.4 Å². The second-order valence-electron chi connectivity index (χ2n) is 3.59. The van der Waals surface area contributed by atoms with Crippen molar-refractivity contribution < 1.29 is 4.74 Å². The summed E-state index contributed by atoms with van der Waals surface area (Å²) in [7, 11) is 1.93. The van der Waals surface area contributed by atoms with E-state index in [1.54, 1.807) is 0 Å². The molecule has 1 N–H and O–H groups in total. The minimum Gasteiger partial charge on any atom is -0.489 e. The number of ether oxygens (including phenoxy) is 1. The topological polar surface area (TPSA) is 21.3 Å². The minimum absolute atomic E-state index is 0.174. The van der Waals surface area contributed by atoms with Crippen LogP contribution >= 0.6 is 31.9 Å². The van der Waals surface area contributed by atoms with Gasteiger partial charge in [-0.25, -0.2) is 0 Å². The third-order valence-corrected chi connectivity index (χ3v) is 2.97. The van der Waals surface area contributed by atoms with Crippen molar-refractivity contribution >= 4 is 31.9 Å². The first-order valence-electron chi connectivity index (χ1n) is 4.83. The monoisotopic (exact) mass is 335 g/mol. The van der Waals surface area contributed by atoms with Crippen molar-refractivity contribution in [2.24, 2.45) is 0 Å². The van der Waals surface area contributed by atoms with Crippen LogP contribution in [0, 0.1) is 0 Å². The Morgan fingerprint density at radius 3 is 2.20 bits per heavy atom. The molecular weight excluding hydrogens is 322 g/mol. The molecule has 1 aromatic rings. The lowest BCUT2D eigenvalue weighted by Crippen LogP contribution is -2.08. The van der Waals surface area contributed by atoms with Crippen LogP contribution in [-0.2, 0) is 6.54 Å². The van der Waals surface area contributed by atoms with Gasteiger partial charge in [0.1, 0.15) is 5.75 Å². The van der Waals surface area contributed by atoms with Crippen LogP contribution in [0.3, 0.4) is 0 Å². The SMILES string of the molecule is CNCc1cc(Br)c(OC(C)C)c(Br)c1. The molecule has 0 unspecified atom stereocenters. The van der Waals surface area contributed by atoms with Gasteiger partial charge in [0.25, 0.3) is 0 Å². The molecule has 2 nitrogen and oxygen atoms in total. The molecule has 1 rings (SSSR count). The molecule has 1 aromatic carbocycles. The third kappa shape index (κ3) is 3.78. The summed E-state index contributed by atoms with van der Waals surface area (Å²) in [5.74, 6) is 0.866. The molecule has 15 heavy (non-hydrogen) atoms. The molecule has 0 fully saturated rings. The van der Waals surface area contributed by atoms with Crippen LogP contribution in [0.5, 0.6) is 5.75 Å². The average Bonchev–Trinajstić information content (AvgIpc) is 2.11. The molecule has 0 aliphatic carbocycles. The summed E-state index contributed by atoms with van der Waals surface area (Å²) < 4.78 is 7.66. The zero-order valence-electron chi connectivity index (χ0n) is 9.10. The van der Waals surface area contributed by atoms with Gasteiger partial charge < -0.3 is 10.1 Å². The normalized spacial score (nSPS) is 10.8. The summed E-state index contributed by atoms with van der Waals surface area (Å²) in [6.07, 6.45) is 0.174. The summed E-state index contributed by atoms with van der Waals surface area (Å²) in [6.45, 7) is 4.87. The fourth-order valence-corrected chi connectivity index (χ4v) is 2.74. The van der Waals surface area contributed by atoms with Gasteiger partial charge in [-0.05, 0) is 70.5 Å². The maximum absolute atomic E-state index is 5.69. The summed E-state index contributed by atoms with van der Waals surface area (Å²) >= 11 is 7.03. The lowest BCUT2D eigenvalue weighted by Gasteiger charge is -2.14. The number of nitrogens with one attached hydrogen (secondary N) is 1. The molecule has 0 saturated heterocycles. The Kier molecular flexibility index (Phi) is 5.09. The summed E-state index contributed by atoms with van der Waals surface area (Å²) in [4.78, 5) is 0. The number of benzene rings is 1. The van der Waals surface area contributed by atoms with Crippen LogP contribution in [-0.4, -0.2) is 13.2 Å². The van der Waals surface area contributed by atoms with Crippen molar-refractivity contribution in [1.82, 2.24) is 5.32 Å². The Labute approximate surface area is 108 Å². The second-order valence-corrected chi connectivity index (χ2v) is 5.29. The fourth-order valence-electron chi connectivity index (χ4n) is 1.27. The highest BCUT2D eigenvalue weighted by Gasteiger charge is 2.09. The molecule has 0 aliphatic rings. The number of halogens is 2. The molecule has 0 amide bonds. The zero-order valence-corrected chi connectivity index (χ0v) is 12.3. The fraction of sp³-hybridized carbons (Fsp3) is 0.455. The number of rotatable bonds is 4. The molecule has 84 valence electrons. The predicted molar refractivity (Wildman–Crippen MR) is 70.4 cm³/mol. The highest BCUT2D eigenvalue weighted by molar-refractivity contribution is 9.11. The Morgan fingerprint density at radius 1 is 1.27 bits per heavy atom. The van der Waals surface area contributed by atoms with E-state index in [4.69, 9.17) is 4.74 Å². The predicted octanol–water partition coefficient (Wildman–Crippen LogP) is 3.72. The molecule has 0 radical (unpaired) electrons. The van der Waals surface area contributed by atoms with Crippen LogP contribution in [0.15, 0.2) is 21.1 Å². The van der Waals surface area contributed by atoms with E-state index in [9.17, 15) is 0 Å². The van der Waals surface area contributed by atoms with E-state index >= 15 is 0 Å². The van der Waals surface area contributed by atoms with Gasteiger partial charge in [0.2, 0.25) is 0 Å². The van der Waals surface area contributed by atoms with E-state index in [2.05, 4.69) is 49.3 Å². The van der Waals surface area contributed by atoms with Crippen molar-refractivity contribution in [3.63, 3.8) is 0 Å². The maximum Gasteiger partial charge on any atom is 0.148 e. The number of hydrogen-bond donors (Lipinski definition) is 1. The van der Waals surface area contributed by atoms with Gasteiger partial charge in [-0.3, -0.25) is 0 Å². The van der Waals surface area contributed by atoms with Crippen LogP contribution in [0.25, 0.3) is 0 Å². The Morgan fingerprint density at radius 2 is 1.80 bits per heavy atom. The van der Waals surface area contributed by atoms with Gasteiger partial charge in [0.05, 0.1) is 15.0 Å². The van der Waals surface area contributed by atoms with Crippen LogP contribution < -0.4 is 10.1 Å². The van der Waals surface area contributed by atoms with Gasteiger partial charge in [-0.1, -0.05) is 0 Å². The highest BCUT2D eigenvalue weighted by Crippen LogP contribution is 2.35. The standard InChI is InChI=1S/C11H15Br2NO/c1-7(2)15-11-9(12)4-8(6-14-3)5-10(11)13/h4-5,7,14H,6H2,1-3H3. The van der Waals surface area contributed by atoms with Crippen molar-refractivity contribution in [3.05, 3.63) is 26.6 Å². The van der Waals surface area contributed by atoms with Gasteiger partial charge in [-0.15, -0.1) is 0 Å². The third-order valence-electron chi connectivity index (χ3n) is 1.79. The second kappa shape index (κ2) is 5.87. The molecule has 0 saturated carbocycles. The summed E-state index contributed by atoms with van der Waals surface area (Å²) in [5, 5.41) is 3.12. The molecule has 0 bridgehead atoms. The minimum atomic E-state index is 0.174. The van der Waals surface area contributed by atoms with Crippen molar-refractivity contribution in [2.45, 2.75) is 26.5 Å². The maximum atomic E-state index is 5.69. The lowest BCUT2D eigenvalue weighted by molar-refractivity contribution is 0.239. The van der Waals surface area contributed by atoms with Crippen LogP contribution in [0.4, 0.5) is 0 Å². The van der Waals surface area contributed by atoms with E-state index in [1.165, 1.54) is 5.56 Å². The number of hydrogen-bond acceptors (Lipinski definition) is 2. The Bertz CT molecular complexity index is 316. The van der Waals surface area contributed by atoms with Crippen molar-refractivity contribution in [3.8, 4) is 5.75 Å². The van der Waals surface area contributed by atoms with Gasteiger partial charge in [0, 0.05) is 6.54 Å². The van der Waals surface area contributed by atoms with Crippen molar-refractivity contribution in [2.75, 3.05) is 7.05 Å². The molecule has 0 atom stereocenters. The molecule has 0 aliphatic heterocycles. The van der Waals surface area contributed by atoms with E-state index in [0.29, 0.717) is 0 Å². The van der Waals surface area contributed by atoms with Gasteiger partial charge >= 0.3 is 0 Å². The first-order valence-corrected chi connectivity index (χ1v) is 6.42. The Hall–Kier alpha value is -0.0600. The van der Waals surface area contributed by atoms with E-state index < -0.39 is 0 Å². The zero-order chi connectivity index (χ0) is 11.4. The molecule has 0 heterocycles. The average molecular weight is 337 g/mol. The molecule has 0 spiro atoms. The quantitative estimate of drug-likeness (QED) is 0.904. The van der Waals surface area contributed by atoms with Gasteiger partial charge in [0.15, 0.2) is 0 Å². The Balaban J connectivity index is 2.98. The van der Waals surface area contributed by atoms with E-state index in [-0.39, 0.29) is 6.10 Å².